The van der Waals surface area contributed by atoms with Gasteiger partial charge in [0.2, 0.25) is 15.9 Å². The average Bonchev–Trinajstić information content (AvgIpc) is 3.32. The molecule has 1 aliphatic carbocycles. The van der Waals surface area contributed by atoms with Gasteiger partial charge in [-0.05, 0) is 19.8 Å². The highest BCUT2D eigenvalue weighted by atomic mass is 32.2. The first-order valence-corrected chi connectivity index (χ1v) is 9.22. The Bertz CT molecular complexity index is 510. The first-order chi connectivity index (χ1) is 10.4. The van der Waals surface area contributed by atoms with Gasteiger partial charge >= 0.3 is 6.09 Å². The van der Waals surface area contributed by atoms with Gasteiger partial charge in [0, 0.05) is 38.6 Å². The number of ether oxygens (including phenoxy) is 1. The Hall–Kier alpha value is -1.35. The Morgan fingerprint density at radius 1 is 1.18 bits per heavy atom. The standard InChI is InChI=1S/C13H23N3O5S/c1-2-21-13(18)15-6-8-16(9-7-15)22(19,20)10-5-14-12(17)11-3-4-11/h11H,2-10H2,1H3,(H,14,17). The van der Waals surface area contributed by atoms with Crippen LogP contribution in [0.2, 0.25) is 0 Å². The van der Waals surface area contributed by atoms with Crippen molar-refractivity contribution in [1.82, 2.24) is 14.5 Å². The number of rotatable bonds is 6. The molecule has 2 aliphatic rings. The molecule has 0 atom stereocenters. The van der Waals surface area contributed by atoms with E-state index in [0.29, 0.717) is 19.7 Å². The third-order valence-corrected chi connectivity index (χ3v) is 5.64. The molecular weight excluding hydrogens is 310 g/mol. The average molecular weight is 333 g/mol. The molecular formula is C13H23N3O5S. The van der Waals surface area contributed by atoms with Crippen molar-refractivity contribution in [3.05, 3.63) is 0 Å². The van der Waals surface area contributed by atoms with Crippen molar-refractivity contribution in [1.29, 1.82) is 0 Å². The third kappa shape index (κ3) is 4.57. The van der Waals surface area contributed by atoms with E-state index in [0.717, 1.165) is 12.8 Å². The Morgan fingerprint density at radius 2 is 1.82 bits per heavy atom. The summed E-state index contributed by atoms with van der Waals surface area (Å²) in [6.45, 7) is 3.34. The van der Waals surface area contributed by atoms with Crippen molar-refractivity contribution in [2.24, 2.45) is 5.92 Å². The minimum Gasteiger partial charge on any atom is -0.450 e. The molecule has 0 unspecified atom stereocenters. The van der Waals surface area contributed by atoms with Crippen LogP contribution in [0.4, 0.5) is 4.79 Å². The van der Waals surface area contributed by atoms with Gasteiger partial charge in [-0.25, -0.2) is 13.2 Å². The highest BCUT2D eigenvalue weighted by Gasteiger charge is 2.31. The van der Waals surface area contributed by atoms with Crippen LogP contribution < -0.4 is 5.32 Å². The summed E-state index contributed by atoms with van der Waals surface area (Å²) in [6.07, 6.45) is 1.39. The number of piperazine rings is 1. The molecule has 0 radical (unpaired) electrons. The lowest BCUT2D eigenvalue weighted by Crippen LogP contribution is -2.51. The van der Waals surface area contributed by atoms with E-state index < -0.39 is 16.1 Å². The summed E-state index contributed by atoms with van der Waals surface area (Å²) < 4.78 is 30.6. The van der Waals surface area contributed by atoms with Crippen molar-refractivity contribution in [3.8, 4) is 0 Å². The van der Waals surface area contributed by atoms with Gasteiger partial charge in [-0.15, -0.1) is 0 Å². The van der Waals surface area contributed by atoms with Crippen LogP contribution in [-0.4, -0.2) is 74.7 Å². The number of carbonyl (C=O) groups excluding carboxylic acids is 2. The maximum Gasteiger partial charge on any atom is 0.409 e. The predicted molar refractivity (Wildman–Crippen MR) is 79.7 cm³/mol. The zero-order chi connectivity index (χ0) is 16.2. The number of sulfonamides is 1. The minimum atomic E-state index is -3.41. The Kier molecular flexibility index (Phi) is 5.63. The second-order valence-electron chi connectivity index (χ2n) is 5.47. The molecule has 8 nitrogen and oxygen atoms in total. The van der Waals surface area contributed by atoms with Gasteiger partial charge in [0.25, 0.3) is 0 Å². The largest absolute Gasteiger partial charge is 0.450 e. The van der Waals surface area contributed by atoms with Gasteiger partial charge in [-0.2, -0.15) is 4.31 Å². The van der Waals surface area contributed by atoms with Gasteiger partial charge in [0.15, 0.2) is 0 Å². The second-order valence-corrected chi connectivity index (χ2v) is 7.55. The summed E-state index contributed by atoms with van der Waals surface area (Å²) in [4.78, 5) is 24.5. The molecule has 1 N–H and O–H groups in total. The Morgan fingerprint density at radius 3 is 2.36 bits per heavy atom. The predicted octanol–water partition coefficient (Wildman–Crippen LogP) is -0.383. The van der Waals surface area contributed by atoms with Crippen molar-refractivity contribution < 1.29 is 22.7 Å². The SMILES string of the molecule is CCOC(=O)N1CCN(S(=O)(=O)CCNC(=O)C2CC2)CC1. The third-order valence-electron chi connectivity index (χ3n) is 3.77. The van der Waals surface area contributed by atoms with E-state index in [1.54, 1.807) is 6.92 Å². The molecule has 1 aliphatic heterocycles. The van der Waals surface area contributed by atoms with E-state index in [1.807, 2.05) is 0 Å². The van der Waals surface area contributed by atoms with Gasteiger partial charge in [0.05, 0.1) is 12.4 Å². The molecule has 2 amide bonds. The van der Waals surface area contributed by atoms with Crippen molar-refractivity contribution >= 4 is 22.0 Å². The molecule has 1 heterocycles. The molecule has 1 saturated carbocycles. The highest BCUT2D eigenvalue weighted by molar-refractivity contribution is 7.89. The molecule has 2 fully saturated rings. The van der Waals surface area contributed by atoms with E-state index in [2.05, 4.69) is 5.32 Å². The molecule has 0 aromatic rings. The fourth-order valence-electron chi connectivity index (χ4n) is 2.29. The molecule has 9 heteroatoms. The van der Waals surface area contributed by atoms with E-state index >= 15 is 0 Å². The zero-order valence-electron chi connectivity index (χ0n) is 12.8. The monoisotopic (exact) mass is 333 g/mol. The molecule has 0 bridgehead atoms. The van der Waals surface area contributed by atoms with Crippen LogP contribution >= 0.6 is 0 Å². The van der Waals surface area contributed by atoms with Crippen molar-refractivity contribution in [2.75, 3.05) is 45.1 Å². The van der Waals surface area contributed by atoms with Gasteiger partial charge < -0.3 is 15.0 Å². The highest BCUT2D eigenvalue weighted by Crippen LogP contribution is 2.28. The summed E-state index contributed by atoms with van der Waals surface area (Å²) in [7, 11) is -3.41. The van der Waals surface area contributed by atoms with E-state index in [9.17, 15) is 18.0 Å². The van der Waals surface area contributed by atoms with Crippen molar-refractivity contribution in [3.63, 3.8) is 0 Å². The molecule has 1 saturated heterocycles. The van der Waals surface area contributed by atoms with E-state index in [1.165, 1.54) is 9.21 Å². The minimum absolute atomic E-state index is 0.0534. The van der Waals surface area contributed by atoms with Crippen LogP contribution in [0.25, 0.3) is 0 Å². The Labute approximate surface area is 130 Å². The smallest absolute Gasteiger partial charge is 0.409 e. The van der Waals surface area contributed by atoms with Gasteiger partial charge in [-0.1, -0.05) is 0 Å². The summed E-state index contributed by atoms with van der Waals surface area (Å²) in [5.74, 6) is -0.0802. The second kappa shape index (κ2) is 7.28. The van der Waals surface area contributed by atoms with E-state index in [4.69, 9.17) is 4.74 Å². The van der Waals surface area contributed by atoms with Crippen LogP contribution in [0.3, 0.4) is 0 Å². The van der Waals surface area contributed by atoms with Gasteiger partial charge in [0.1, 0.15) is 0 Å². The number of nitrogens with zero attached hydrogens (tertiary/aromatic N) is 2. The number of hydrogen-bond donors (Lipinski definition) is 1. The summed E-state index contributed by atoms with van der Waals surface area (Å²) in [6, 6.07) is 0. The van der Waals surface area contributed by atoms with E-state index in [-0.39, 0.29) is 37.2 Å². The molecule has 0 aromatic carbocycles. The molecule has 0 aromatic heterocycles. The van der Waals surface area contributed by atoms with Crippen LogP contribution in [0.5, 0.6) is 0 Å². The Balaban J connectivity index is 1.74. The summed E-state index contributed by atoms with van der Waals surface area (Å²) in [5, 5.41) is 2.65. The fourth-order valence-corrected chi connectivity index (χ4v) is 3.62. The lowest BCUT2D eigenvalue weighted by molar-refractivity contribution is -0.122. The zero-order valence-corrected chi connectivity index (χ0v) is 13.6. The molecule has 2 rings (SSSR count). The van der Waals surface area contributed by atoms with Crippen molar-refractivity contribution in [2.45, 2.75) is 19.8 Å². The number of carbonyl (C=O) groups is 2. The first kappa shape index (κ1) is 17.0. The van der Waals surface area contributed by atoms with Gasteiger partial charge in [-0.3, -0.25) is 4.79 Å². The fraction of sp³-hybridized carbons (Fsp3) is 0.846. The quantitative estimate of drug-likeness (QED) is 0.714. The summed E-state index contributed by atoms with van der Waals surface area (Å²) in [5.41, 5.74) is 0. The molecule has 22 heavy (non-hydrogen) atoms. The molecule has 126 valence electrons. The summed E-state index contributed by atoms with van der Waals surface area (Å²) >= 11 is 0. The van der Waals surface area contributed by atoms with Crippen LogP contribution in [0.1, 0.15) is 19.8 Å². The number of nitrogens with one attached hydrogen (secondary N) is 1. The first-order valence-electron chi connectivity index (χ1n) is 7.61. The normalized spacial score (nSPS) is 19.8. The van der Waals surface area contributed by atoms with Crippen LogP contribution in [0.15, 0.2) is 0 Å². The van der Waals surface area contributed by atoms with Crippen LogP contribution in [0, 0.1) is 5.92 Å². The topological polar surface area (TPSA) is 96.0 Å². The van der Waals surface area contributed by atoms with Crippen LogP contribution in [-0.2, 0) is 19.6 Å². The number of amides is 2. The maximum absolute atomic E-state index is 12.2. The lowest BCUT2D eigenvalue weighted by atomic mass is 10.4. The number of hydrogen-bond acceptors (Lipinski definition) is 5. The molecule has 0 spiro atoms. The lowest BCUT2D eigenvalue weighted by Gasteiger charge is -2.33. The maximum atomic E-state index is 12.2.